The van der Waals surface area contributed by atoms with E-state index in [1.54, 1.807) is 7.11 Å². The molecule has 0 saturated heterocycles. The van der Waals surface area contributed by atoms with Crippen molar-refractivity contribution >= 4 is 6.29 Å². The highest BCUT2D eigenvalue weighted by atomic mass is 16.5. The van der Waals surface area contributed by atoms with Gasteiger partial charge in [-0.3, -0.25) is 4.79 Å². The monoisotopic (exact) mass is 206 g/mol. The zero-order valence-electron chi connectivity index (χ0n) is 8.73. The minimum atomic E-state index is 0.273. The molecule has 0 spiro atoms. The van der Waals surface area contributed by atoms with E-state index in [1.807, 2.05) is 24.3 Å². The van der Waals surface area contributed by atoms with Crippen LogP contribution < -0.4 is 4.74 Å². The van der Waals surface area contributed by atoms with Crippen molar-refractivity contribution in [3.63, 3.8) is 0 Å². The molecule has 3 nitrogen and oxygen atoms in total. The predicted octanol–water partition coefficient (Wildman–Crippen LogP) is 1.97. The molecule has 0 saturated carbocycles. The Bertz CT molecular complexity index is 327. The molecule has 0 unspecified atom stereocenters. The first kappa shape index (κ1) is 11.5. The van der Waals surface area contributed by atoms with Crippen LogP contribution in [0.15, 0.2) is 36.4 Å². The summed E-state index contributed by atoms with van der Waals surface area (Å²) in [6.07, 6.45) is 0.702. The first-order valence-electron chi connectivity index (χ1n) is 4.60. The quantitative estimate of drug-likeness (QED) is 0.527. The molecule has 0 aliphatic heterocycles. The van der Waals surface area contributed by atoms with Crippen LogP contribution >= 0.6 is 0 Å². The topological polar surface area (TPSA) is 35.5 Å². The molecule has 0 aliphatic carbocycles. The predicted molar refractivity (Wildman–Crippen MR) is 57.9 cm³/mol. The fourth-order valence-corrected chi connectivity index (χ4v) is 1.06. The molecule has 1 aromatic rings. The first-order chi connectivity index (χ1) is 7.26. The van der Waals surface area contributed by atoms with Crippen LogP contribution in [0.5, 0.6) is 5.75 Å². The third-order valence-electron chi connectivity index (χ3n) is 1.88. The summed E-state index contributed by atoms with van der Waals surface area (Å²) in [5, 5.41) is 0. The van der Waals surface area contributed by atoms with E-state index < -0.39 is 0 Å². The Morgan fingerprint density at radius 3 is 2.60 bits per heavy atom. The van der Waals surface area contributed by atoms with Gasteiger partial charge in [0.25, 0.3) is 0 Å². The number of hydrogen-bond acceptors (Lipinski definition) is 3. The van der Waals surface area contributed by atoms with Gasteiger partial charge in [0.05, 0.1) is 20.3 Å². The Morgan fingerprint density at radius 1 is 1.40 bits per heavy atom. The Morgan fingerprint density at radius 2 is 2.07 bits per heavy atom. The van der Waals surface area contributed by atoms with Crippen molar-refractivity contribution in [2.75, 3.05) is 13.7 Å². The van der Waals surface area contributed by atoms with E-state index >= 15 is 0 Å². The lowest BCUT2D eigenvalue weighted by Gasteiger charge is -2.04. The molecular weight excluding hydrogens is 192 g/mol. The Hall–Kier alpha value is -1.61. The van der Waals surface area contributed by atoms with Crippen molar-refractivity contribution in [2.24, 2.45) is 0 Å². The third kappa shape index (κ3) is 3.95. The van der Waals surface area contributed by atoms with Crippen molar-refractivity contribution in [2.45, 2.75) is 6.61 Å². The maximum atomic E-state index is 10.2. The van der Waals surface area contributed by atoms with Gasteiger partial charge in [-0.25, -0.2) is 0 Å². The van der Waals surface area contributed by atoms with Crippen molar-refractivity contribution in [3.05, 3.63) is 42.0 Å². The van der Waals surface area contributed by atoms with Crippen molar-refractivity contribution in [3.8, 4) is 5.75 Å². The summed E-state index contributed by atoms with van der Waals surface area (Å²) in [5.74, 6) is 0.816. The average molecular weight is 206 g/mol. The zero-order valence-corrected chi connectivity index (χ0v) is 8.73. The normalized spacial score (nSPS) is 9.67. The molecule has 0 aromatic heterocycles. The number of aldehydes is 1. The zero-order chi connectivity index (χ0) is 11.1. The highest BCUT2D eigenvalue weighted by molar-refractivity contribution is 5.72. The maximum absolute atomic E-state index is 10.2. The van der Waals surface area contributed by atoms with Crippen LogP contribution in [0.4, 0.5) is 0 Å². The van der Waals surface area contributed by atoms with E-state index in [0.717, 1.165) is 11.3 Å². The van der Waals surface area contributed by atoms with E-state index in [9.17, 15) is 4.79 Å². The van der Waals surface area contributed by atoms with E-state index in [0.29, 0.717) is 18.5 Å². The lowest BCUT2D eigenvalue weighted by atomic mass is 10.2. The summed E-state index contributed by atoms with van der Waals surface area (Å²) >= 11 is 0. The Balaban J connectivity index is 2.37. The number of methoxy groups -OCH3 is 1. The molecule has 80 valence electrons. The van der Waals surface area contributed by atoms with E-state index in [2.05, 4.69) is 6.58 Å². The van der Waals surface area contributed by atoms with Gasteiger partial charge in [-0.05, 0) is 17.7 Å². The summed E-state index contributed by atoms with van der Waals surface area (Å²) in [4.78, 5) is 10.2. The van der Waals surface area contributed by atoms with Crippen LogP contribution in [0.1, 0.15) is 5.56 Å². The SMILES string of the molecule is C=C(C=O)COCc1ccc(OC)cc1. The van der Waals surface area contributed by atoms with Crippen molar-refractivity contribution in [1.82, 2.24) is 0 Å². The summed E-state index contributed by atoms with van der Waals surface area (Å²) in [7, 11) is 1.62. The van der Waals surface area contributed by atoms with Crippen LogP contribution in [0.2, 0.25) is 0 Å². The molecular formula is C12H14O3. The van der Waals surface area contributed by atoms with Gasteiger partial charge in [-0.2, -0.15) is 0 Å². The number of carbonyl (C=O) groups is 1. The molecule has 0 aliphatic rings. The highest BCUT2D eigenvalue weighted by Gasteiger charge is 1.96. The second-order valence-corrected chi connectivity index (χ2v) is 3.12. The van der Waals surface area contributed by atoms with Crippen LogP contribution in [0.3, 0.4) is 0 Å². The van der Waals surface area contributed by atoms with Gasteiger partial charge in [0.15, 0.2) is 0 Å². The standard InChI is InChI=1S/C12H14O3/c1-10(7-13)8-15-9-11-3-5-12(14-2)6-4-11/h3-7H,1,8-9H2,2H3. The summed E-state index contributed by atoms with van der Waals surface area (Å²) < 4.78 is 10.3. The molecule has 15 heavy (non-hydrogen) atoms. The van der Waals surface area contributed by atoms with Gasteiger partial charge in [0.1, 0.15) is 12.0 Å². The molecule has 0 N–H and O–H groups in total. The number of rotatable bonds is 6. The van der Waals surface area contributed by atoms with Gasteiger partial charge >= 0.3 is 0 Å². The molecule has 0 fully saturated rings. The summed E-state index contributed by atoms with van der Waals surface area (Å²) in [5.41, 5.74) is 1.48. The van der Waals surface area contributed by atoms with E-state index in [1.165, 1.54) is 0 Å². The van der Waals surface area contributed by atoms with Crippen molar-refractivity contribution < 1.29 is 14.3 Å². The van der Waals surface area contributed by atoms with E-state index in [-0.39, 0.29) is 6.61 Å². The maximum Gasteiger partial charge on any atom is 0.147 e. The van der Waals surface area contributed by atoms with Gasteiger partial charge < -0.3 is 9.47 Å². The smallest absolute Gasteiger partial charge is 0.147 e. The minimum absolute atomic E-state index is 0.273. The molecule has 0 amide bonds. The number of benzene rings is 1. The first-order valence-corrected chi connectivity index (χ1v) is 4.60. The molecule has 0 bridgehead atoms. The highest BCUT2D eigenvalue weighted by Crippen LogP contribution is 2.11. The molecule has 0 heterocycles. The second-order valence-electron chi connectivity index (χ2n) is 3.12. The third-order valence-corrected chi connectivity index (χ3v) is 1.88. The van der Waals surface area contributed by atoms with Crippen LogP contribution in [0, 0.1) is 0 Å². The molecule has 1 rings (SSSR count). The molecule has 0 radical (unpaired) electrons. The van der Waals surface area contributed by atoms with Crippen LogP contribution in [-0.4, -0.2) is 20.0 Å². The van der Waals surface area contributed by atoms with Gasteiger partial charge in [-0.15, -0.1) is 0 Å². The average Bonchev–Trinajstić information content (AvgIpc) is 2.29. The molecule has 1 aromatic carbocycles. The minimum Gasteiger partial charge on any atom is -0.497 e. The van der Waals surface area contributed by atoms with Crippen LogP contribution in [-0.2, 0) is 16.1 Å². The second kappa shape index (κ2) is 5.98. The summed E-state index contributed by atoms with van der Waals surface area (Å²) in [6, 6.07) is 7.57. The number of ether oxygens (including phenoxy) is 2. The van der Waals surface area contributed by atoms with E-state index in [4.69, 9.17) is 9.47 Å². The largest absolute Gasteiger partial charge is 0.497 e. The van der Waals surface area contributed by atoms with Crippen molar-refractivity contribution in [1.29, 1.82) is 0 Å². The number of carbonyl (C=O) groups excluding carboxylic acids is 1. The summed E-state index contributed by atoms with van der Waals surface area (Å²) in [6.45, 7) is 4.26. The Kier molecular flexibility index (Phi) is 4.57. The Labute approximate surface area is 89.3 Å². The fourth-order valence-electron chi connectivity index (χ4n) is 1.06. The number of hydrogen-bond donors (Lipinski definition) is 0. The lowest BCUT2D eigenvalue weighted by molar-refractivity contribution is -0.105. The lowest BCUT2D eigenvalue weighted by Crippen LogP contribution is -1.98. The van der Waals surface area contributed by atoms with Crippen LogP contribution in [0.25, 0.3) is 0 Å². The van der Waals surface area contributed by atoms with Gasteiger partial charge in [0, 0.05) is 5.57 Å². The van der Waals surface area contributed by atoms with Gasteiger partial charge in [0.2, 0.25) is 0 Å². The fraction of sp³-hybridized carbons (Fsp3) is 0.250. The molecule has 3 heteroatoms. The molecule has 0 atom stereocenters. The van der Waals surface area contributed by atoms with Gasteiger partial charge in [-0.1, -0.05) is 18.7 Å².